The molecule has 2 heterocycles. The van der Waals surface area contributed by atoms with Crippen molar-refractivity contribution in [3.05, 3.63) is 156 Å². The Bertz CT molecular complexity index is 1550. The van der Waals surface area contributed by atoms with Crippen molar-refractivity contribution in [2.24, 2.45) is 17.8 Å². The molecule has 1 N–H and O–H groups in total. The normalized spacial score (nSPS) is 29.9. The van der Waals surface area contributed by atoms with Crippen molar-refractivity contribution in [3.8, 4) is 0 Å². The van der Waals surface area contributed by atoms with E-state index in [1.165, 1.54) is 0 Å². The molecule has 7 rings (SSSR count). The molecule has 1 aliphatic carbocycles. The average molecular weight is 649 g/mol. The van der Waals surface area contributed by atoms with Crippen molar-refractivity contribution in [1.82, 2.24) is 0 Å². The topological polar surface area (TPSA) is 75.6 Å². The molecular weight excluding hydrogens is 604 g/mol. The van der Waals surface area contributed by atoms with E-state index in [9.17, 15) is 5.11 Å². The van der Waals surface area contributed by atoms with Gasteiger partial charge in [0.1, 0.15) is 12.2 Å². The summed E-state index contributed by atoms with van der Waals surface area (Å²) in [6.45, 7) is 2.11. The van der Waals surface area contributed by atoms with E-state index in [2.05, 4.69) is 24.3 Å². The minimum atomic E-state index is -0.843. The second-order valence-electron chi connectivity index (χ2n) is 12.9. The lowest BCUT2D eigenvalue weighted by molar-refractivity contribution is -0.301. The Morgan fingerprint density at radius 3 is 1.92 bits per heavy atom. The van der Waals surface area contributed by atoms with Crippen LogP contribution in [0.15, 0.2) is 134 Å². The van der Waals surface area contributed by atoms with Gasteiger partial charge in [0.2, 0.25) is 0 Å². The van der Waals surface area contributed by atoms with Gasteiger partial charge in [-0.2, -0.15) is 0 Å². The predicted octanol–water partition coefficient (Wildman–Crippen LogP) is 7.01. The van der Waals surface area contributed by atoms with Gasteiger partial charge in [-0.1, -0.05) is 121 Å². The highest BCUT2D eigenvalue weighted by Crippen LogP contribution is 2.46. The van der Waals surface area contributed by atoms with Crippen LogP contribution in [0.5, 0.6) is 0 Å². The Morgan fingerprint density at radius 1 is 0.688 bits per heavy atom. The number of fused-ring (bicyclic) bond motifs is 1. The maximum absolute atomic E-state index is 12.4. The summed E-state index contributed by atoms with van der Waals surface area (Å²) in [5.41, 5.74) is 4.17. The number of hydrogen-bond acceptors (Lipinski definition) is 7. The number of rotatable bonds is 12. The van der Waals surface area contributed by atoms with Gasteiger partial charge in [0, 0.05) is 17.4 Å². The van der Waals surface area contributed by atoms with E-state index >= 15 is 0 Å². The maximum Gasteiger partial charge on any atom is 0.184 e. The van der Waals surface area contributed by atoms with Crippen molar-refractivity contribution in [2.45, 2.75) is 63.1 Å². The molecule has 0 bridgehead atoms. The largest absolute Gasteiger partial charge is 0.495 e. The lowest BCUT2D eigenvalue weighted by Gasteiger charge is -2.52. The first-order valence-corrected chi connectivity index (χ1v) is 17.0. The third-order valence-corrected chi connectivity index (χ3v) is 9.74. The van der Waals surface area contributed by atoms with Gasteiger partial charge in [-0.15, -0.1) is 0 Å². The summed E-state index contributed by atoms with van der Waals surface area (Å²) in [4.78, 5) is 0. The van der Waals surface area contributed by atoms with Gasteiger partial charge < -0.3 is 33.5 Å². The summed E-state index contributed by atoms with van der Waals surface area (Å²) < 4.78 is 38.8. The first kappa shape index (κ1) is 32.7. The minimum Gasteiger partial charge on any atom is -0.495 e. The van der Waals surface area contributed by atoms with Crippen LogP contribution in [0.25, 0.3) is 0 Å². The summed E-state index contributed by atoms with van der Waals surface area (Å²) in [5, 5.41) is 12.4. The second kappa shape index (κ2) is 16.1. The lowest BCUT2D eigenvalue weighted by atomic mass is 9.67. The Balaban J connectivity index is 1.15. The van der Waals surface area contributed by atoms with Gasteiger partial charge in [0.25, 0.3) is 0 Å². The van der Waals surface area contributed by atoms with Gasteiger partial charge in [-0.05, 0) is 35.1 Å². The summed E-state index contributed by atoms with van der Waals surface area (Å²) in [5.74, 6) is -0.436. The average Bonchev–Trinajstić information content (AvgIpc) is 3.15. The van der Waals surface area contributed by atoms with Crippen molar-refractivity contribution in [2.75, 3.05) is 13.2 Å². The quantitative estimate of drug-likeness (QED) is 0.177. The van der Waals surface area contributed by atoms with E-state index in [0.717, 1.165) is 22.3 Å². The Morgan fingerprint density at radius 2 is 1.27 bits per heavy atom. The SMILES string of the molecule is O[C@H]1[C@H]([C@H]2[C@H](OCc3ccccc3)C=CO[C@@H]2COCc2ccccc2)C[C@@H]2COC(c3ccccc3)O[C@H]2[C@@H]1OCc1ccccc1. The molecule has 1 saturated carbocycles. The molecule has 2 fully saturated rings. The standard InChI is InChI=1S/C41H44O7/c42-38-34(23-33-27-47-41(32-19-11-4-12-20-32)48-39(33)40(38)46-26-31-17-9-3-10-18-31)37-35(45-25-30-15-7-2-8-16-30)21-22-44-36(37)28-43-24-29-13-5-1-6-14-29/h1-22,33-42H,23-28H2/t33-,34+,35-,36-,37+,38+,39-,40-,41?/m1/s1. The molecule has 250 valence electrons. The molecule has 1 unspecified atom stereocenters. The van der Waals surface area contributed by atoms with E-state index in [-0.39, 0.29) is 36.1 Å². The first-order chi connectivity index (χ1) is 23.7. The monoisotopic (exact) mass is 648 g/mol. The van der Waals surface area contributed by atoms with E-state index in [4.69, 9.17) is 28.4 Å². The summed E-state index contributed by atoms with van der Waals surface area (Å²) in [7, 11) is 0. The fraction of sp³-hybridized carbons (Fsp3) is 0.366. The molecule has 4 aromatic carbocycles. The molecular formula is C41H44O7. The number of aliphatic hydroxyl groups excluding tert-OH is 1. The molecule has 0 radical (unpaired) electrons. The number of hydrogen-bond donors (Lipinski definition) is 1. The van der Waals surface area contributed by atoms with Crippen LogP contribution in [-0.2, 0) is 48.2 Å². The van der Waals surface area contributed by atoms with Crippen LogP contribution in [0.3, 0.4) is 0 Å². The van der Waals surface area contributed by atoms with E-state index < -0.39 is 18.5 Å². The fourth-order valence-corrected chi connectivity index (χ4v) is 7.33. The number of benzene rings is 4. The van der Waals surface area contributed by atoms with E-state index in [0.29, 0.717) is 39.5 Å². The molecule has 3 aliphatic rings. The number of aliphatic hydroxyl groups is 1. The van der Waals surface area contributed by atoms with E-state index in [1.54, 1.807) is 6.26 Å². The zero-order valence-corrected chi connectivity index (χ0v) is 27.0. The first-order valence-electron chi connectivity index (χ1n) is 17.0. The Labute approximate surface area is 283 Å². The summed E-state index contributed by atoms with van der Waals surface area (Å²) in [6.07, 6.45) is 1.41. The molecule has 7 nitrogen and oxygen atoms in total. The molecule has 2 aliphatic heterocycles. The van der Waals surface area contributed by atoms with E-state index in [1.807, 2.05) is 103 Å². The molecule has 48 heavy (non-hydrogen) atoms. The van der Waals surface area contributed by atoms with Crippen LogP contribution < -0.4 is 0 Å². The van der Waals surface area contributed by atoms with Gasteiger partial charge in [0.15, 0.2) is 6.29 Å². The van der Waals surface area contributed by atoms with Crippen molar-refractivity contribution >= 4 is 0 Å². The van der Waals surface area contributed by atoms with Gasteiger partial charge in [-0.25, -0.2) is 0 Å². The number of ether oxygens (including phenoxy) is 6. The smallest absolute Gasteiger partial charge is 0.184 e. The highest BCUT2D eigenvalue weighted by Gasteiger charge is 2.54. The molecule has 1 saturated heterocycles. The zero-order chi connectivity index (χ0) is 32.5. The lowest BCUT2D eigenvalue weighted by Crippen LogP contribution is -2.60. The Hall–Kier alpha value is -3.82. The molecule has 7 heteroatoms. The van der Waals surface area contributed by atoms with Crippen LogP contribution in [0, 0.1) is 17.8 Å². The van der Waals surface area contributed by atoms with Crippen molar-refractivity contribution in [1.29, 1.82) is 0 Å². The zero-order valence-electron chi connectivity index (χ0n) is 27.0. The molecule has 9 atom stereocenters. The fourth-order valence-electron chi connectivity index (χ4n) is 7.33. The highest BCUT2D eigenvalue weighted by molar-refractivity contribution is 5.18. The molecule has 0 spiro atoms. The van der Waals surface area contributed by atoms with Gasteiger partial charge >= 0.3 is 0 Å². The van der Waals surface area contributed by atoms with Crippen molar-refractivity contribution < 1.29 is 33.5 Å². The van der Waals surface area contributed by atoms with Crippen LogP contribution in [0.1, 0.15) is 35.0 Å². The summed E-state index contributed by atoms with van der Waals surface area (Å²) in [6, 6.07) is 40.3. The minimum absolute atomic E-state index is 0.00528. The van der Waals surface area contributed by atoms with Crippen LogP contribution in [-0.4, -0.2) is 48.8 Å². The molecule has 0 aromatic heterocycles. The van der Waals surface area contributed by atoms with Gasteiger partial charge in [-0.3, -0.25) is 0 Å². The molecule has 4 aromatic rings. The summed E-state index contributed by atoms with van der Waals surface area (Å²) >= 11 is 0. The maximum atomic E-state index is 12.4. The third kappa shape index (κ3) is 7.90. The Kier molecular flexibility index (Phi) is 10.9. The van der Waals surface area contributed by atoms with Crippen LogP contribution >= 0.6 is 0 Å². The van der Waals surface area contributed by atoms with Crippen LogP contribution in [0.2, 0.25) is 0 Å². The third-order valence-electron chi connectivity index (χ3n) is 9.74. The van der Waals surface area contributed by atoms with Crippen LogP contribution in [0.4, 0.5) is 0 Å². The molecule has 0 amide bonds. The van der Waals surface area contributed by atoms with Crippen molar-refractivity contribution in [3.63, 3.8) is 0 Å². The predicted molar refractivity (Wildman–Crippen MR) is 181 cm³/mol. The van der Waals surface area contributed by atoms with Gasteiger partial charge in [0.05, 0.1) is 57.6 Å². The highest BCUT2D eigenvalue weighted by atomic mass is 16.7. The second-order valence-corrected chi connectivity index (χ2v) is 12.9.